The lowest BCUT2D eigenvalue weighted by atomic mass is 9.88. The Bertz CT molecular complexity index is 971. The number of carbonyl (C=O) groups is 4. The van der Waals surface area contributed by atoms with E-state index in [0.717, 1.165) is 0 Å². The van der Waals surface area contributed by atoms with Crippen LogP contribution in [0.15, 0.2) is 18.2 Å². The Morgan fingerprint density at radius 1 is 0.865 bits per heavy atom. The summed E-state index contributed by atoms with van der Waals surface area (Å²) in [5.41, 5.74) is 3.85. The van der Waals surface area contributed by atoms with E-state index in [1.54, 1.807) is 47.6 Å². The van der Waals surface area contributed by atoms with Gasteiger partial charge in [-0.25, -0.2) is 0 Å². The number of carbonyl (C=O) groups excluding carboxylic acids is 4. The summed E-state index contributed by atoms with van der Waals surface area (Å²) in [7, 11) is 1.23. The zero-order chi connectivity index (χ0) is 28.6. The van der Waals surface area contributed by atoms with Gasteiger partial charge in [-0.05, 0) is 71.6 Å². The second-order valence-corrected chi connectivity index (χ2v) is 11.8. The zero-order valence-electron chi connectivity index (χ0n) is 23.7. The topological polar surface area (TPSA) is 131 Å². The predicted molar refractivity (Wildman–Crippen MR) is 139 cm³/mol. The Kier molecular flexibility index (Phi) is 11.3. The molecular weight excluding hydrogens is 478 g/mol. The highest BCUT2D eigenvalue weighted by Crippen LogP contribution is 2.33. The van der Waals surface area contributed by atoms with Crippen molar-refractivity contribution in [2.45, 2.75) is 86.6 Å². The number of methoxy groups -OCH3 is 1. The molecule has 1 aromatic carbocycles. The summed E-state index contributed by atoms with van der Waals surface area (Å²) in [4.78, 5) is 49.7. The third kappa shape index (κ3) is 10.5. The van der Waals surface area contributed by atoms with E-state index in [4.69, 9.17) is 24.7 Å². The van der Waals surface area contributed by atoms with Crippen molar-refractivity contribution < 1.29 is 38.1 Å². The van der Waals surface area contributed by atoms with E-state index in [1.165, 1.54) is 19.2 Å². The monoisotopic (exact) mass is 521 g/mol. The number of nitrogens with two attached hydrogens (primary N) is 1. The highest BCUT2D eigenvalue weighted by atomic mass is 16.6. The van der Waals surface area contributed by atoms with Crippen LogP contribution >= 0.6 is 0 Å². The SMILES string of the molecule is COC(=O)[C@@](N)(CCOC(=O)CCC(C)C)Cc1ccc(OC(=O)C(C)(C)C)c(OC(=O)C(C)(C)C)c1. The first-order valence-corrected chi connectivity index (χ1v) is 12.5. The molecule has 9 heteroatoms. The van der Waals surface area contributed by atoms with Gasteiger partial charge in [-0.3, -0.25) is 19.2 Å². The van der Waals surface area contributed by atoms with Crippen LogP contribution in [0.2, 0.25) is 0 Å². The smallest absolute Gasteiger partial charge is 0.326 e. The van der Waals surface area contributed by atoms with Gasteiger partial charge in [-0.1, -0.05) is 19.9 Å². The lowest BCUT2D eigenvalue weighted by molar-refractivity contribution is -0.151. The molecule has 0 fully saturated rings. The molecule has 0 amide bonds. The van der Waals surface area contributed by atoms with Crippen molar-refractivity contribution in [3.63, 3.8) is 0 Å². The van der Waals surface area contributed by atoms with Gasteiger partial charge in [0.25, 0.3) is 0 Å². The Hall–Kier alpha value is -2.94. The predicted octanol–water partition coefficient (Wildman–Crippen LogP) is 4.37. The number of hydrogen-bond acceptors (Lipinski definition) is 9. The first-order valence-electron chi connectivity index (χ1n) is 12.5. The highest BCUT2D eigenvalue weighted by molar-refractivity contribution is 5.82. The van der Waals surface area contributed by atoms with E-state index in [2.05, 4.69) is 0 Å². The fourth-order valence-corrected chi connectivity index (χ4v) is 2.99. The van der Waals surface area contributed by atoms with Gasteiger partial charge in [0.05, 0.1) is 24.5 Å². The fraction of sp³-hybridized carbons (Fsp3) is 0.643. The number of hydrogen-bond donors (Lipinski definition) is 1. The van der Waals surface area contributed by atoms with Gasteiger partial charge in [-0.15, -0.1) is 0 Å². The van der Waals surface area contributed by atoms with Crippen LogP contribution in [0.5, 0.6) is 11.5 Å². The van der Waals surface area contributed by atoms with Crippen molar-refractivity contribution in [1.29, 1.82) is 0 Å². The Balaban J connectivity index is 3.20. The molecule has 208 valence electrons. The number of benzene rings is 1. The third-order valence-corrected chi connectivity index (χ3v) is 5.49. The van der Waals surface area contributed by atoms with Crippen LogP contribution in [-0.4, -0.2) is 43.1 Å². The lowest BCUT2D eigenvalue weighted by Crippen LogP contribution is -2.51. The molecule has 0 radical (unpaired) electrons. The van der Waals surface area contributed by atoms with Crippen molar-refractivity contribution in [1.82, 2.24) is 0 Å². The minimum atomic E-state index is -1.51. The second-order valence-electron chi connectivity index (χ2n) is 11.8. The molecule has 0 aliphatic carbocycles. The van der Waals surface area contributed by atoms with Crippen molar-refractivity contribution in [2.75, 3.05) is 13.7 Å². The van der Waals surface area contributed by atoms with Crippen LogP contribution in [0.3, 0.4) is 0 Å². The first-order chi connectivity index (χ1) is 16.9. The summed E-state index contributed by atoms with van der Waals surface area (Å²) in [6, 6.07) is 4.63. The summed E-state index contributed by atoms with van der Waals surface area (Å²) in [6.45, 7) is 14.2. The second kappa shape index (κ2) is 13.0. The molecule has 0 heterocycles. The summed E-state index contributed by atoms with van der Waals surface area (Å²) in [6.07, 6.45) is 0.998. The third-order valence-electron chi connectivity index (χ3n) is 5.49. The summed E-state index contributed by atoms with van der Waals surface area (Å²) in [5, 5.41) is 0. The van der Waals surface area contributed by atoms with Crippen molar-refractivity contribution >= 4 is 23.9 Å². The minimum absolute atomic E-state index is 0.00319. The van der Waals surface area contributed by atoms with Crippen molar-refractivity contribution in [3.05, 3.63) is 23.8 Å². The van der Waals surface area contributed by atoms with Crippen molar-refractivity contribution in [3.8, 4) is 11.5 Å². The maximum Gasteiger partial charge on any atom is 0.326 e. The van der Waals surface area contributed by atoms with Crippen molar-refractivity contribution in [2.24, 2.45) is 22.5 Å². The summed E-state index contributed by atoms with van der Waals surface area (Å²) < 4.78 is 21.3. The van der Waals surface area contributed by atoms with Crippen LogP contribution in [0, 0.1) is 16.7 Å². The minimum Gasteiger partial charge on any atom is -0.468 e. The molecule has 9 nitrogen and oxygen atoms in total. The summed E-state index contributed by atoms with van der Waals surface area (Å²) in [5.74, 6) is -1.61. The molecule has 0 aliphatic rings. The van der Waals surface area contributed by atoms with E-state index in [1.807, 2.05) is 13.8 Å². The van der Waals surface area contributed by atoms with E-state index < -0.39 is 34.3 Å². The zero-order valence-corrected chi connectivity index (χ0v) is 23.7. The average Bonchev–Trinajstić information content (AvgIpc) is 2.77. The van der Waals surface area contributed by atoms with E-state index in [0.29, 0.717) is 17.9 Å². The molecule has 0 spiro atoms. The standard InChI is InChI=1S/C28H43NO8/c1-18(2)10-13-22(30)35-15-14-28(29,25(33)34-9)17-19-11-12-20(36-23(31)26(3,4)5)21(16-19)37-24(32)27(6,7)8/h11-12,16,18H,10,13-15,17,29H2,1-9H3/t28-/m1/s1. The molecule has 1 aromatic rings. The number of ether oxygens (including phenoxy) is 4. The van der Waals surface area contributed by atoms with Gasteiger partial charge >= 0.3 is 23.9 Å². The van der Waals surface area contributed by atoms with Gasteiger partial charge in [0.2, 0.25) is 0 Å². The van der Waals surface area contributed by atoms with Crippen LogP contribution in [0.4, 0.5) is 0 Å². The van der Waals surface area contributed by atoms with Crippen LogP contribution in [-0.2, 0) is 35.1 Å². The number of rotatable bonds is 11. The Morgan fingerprint density at radius 3 is 1.89 bits per heavy atom. The van der Waals surface area contributed by atoms with Gasteiger partial charge in [0.1, 0.15) is 5.54 Å². The Labute approximate surface area is 220 Å². The highest BCUT2D eigenvalue weighted by Gasteiger charge is 2.36. The molecule has 0 bridgehead atoms. The van der Waals surface area contributed by atoms with Crippen LogP contribution < -0.4 is 15.2 Å². The normalized spacial score (nSPS) is 13.5. The first kappa shape index (κ1) is 32.1. The molecule has 0 saturated carbocycles. The molecule has 1 rings (SSSR count). The van der Waals surface area contributed by atoms with Gasteiger partial charge in [0.15, 0.2) is 11.5 Å². The molecule has 37 heavy (non-hydrogen) atoms. The molecule has 0 unspecified atom stereocenters. The average molecular weight is 522 g/mol. The van der Waals surface area contributed by atoms with E-state index in [9.17, 15) is 19.2 Å². The summed E-state index contributed by atoms with van der Waals surface area (Å²) >= 11 is 0. The van der Waals surface area contributed by atoms with Gasteiger partial charge < -0.3 is 24.7 Å². The van der Waals surface area contributed by atoms with Gasteiger partial charge in [0, 0.05) is 19.3 Å². The Morgan fingerprint density at radius 2 is 1.41 bits per heavy atom. The number of esters is 4. The molecule has 0 saturated heterocycles. The van der Waals surface area contributed by atoms with Gasteiger partial charge in [-0.2, -0.15) is 0 Å². The molecule has 2 N–H and O–H groups in total. The van der Waals surface area contributed by atoms with Crippen LogP contribution in [0.25, 0.3) is 0 Å². The fourth-order valence-electron chi connectivity index (χ4n) is 2.99. The quantitative estimate of drug-likeness (QED) is 0.333. The molecular formula is C28H43NO8. The lowest BCUT2D eigenvalue weighted by Gasteiger charge is -2.27. The molecule has 0 aromatic heterocycles. The maximum atomic E-state index is 12.6. The molecule has 0 aliphatic heterocycles. The van der Waals surface area contributed by atoms with E-state index >= 15 is 0 Å². The van der Waals surface area contributed by atoms with Crippen LogP contribution in [0.1, 0.15) is 80.2 Å². The van der Waals surface area contributed by atoms with E-state index in [-0.39, 0.29) is 43.3 Å². The largest absolute Gasteiger partial charge is 0.468 e. The maximum absolute atomic E-state index is 12.6. The molecule has 1 atom stereocenters.